The average molecular weight is 527 g/mol. The second-order valence-electron chi connectivity index (χ2n) is 9.33. The van der Waals surface area contributed by atoms with Gasteiger partial charge < -0.3 is 29.0 Å². The van der Waals surface area contributed by atoms with Gasteiger partial charge in [0, 0.05) is 25.5 Å². The zero-order valence-electron chi connectivity index (χ0n) is 22.3. The number of carbonyl (C=O) groups is 3. The number of aromatic nitrogens is 1. The number of hydrogen-bond acceptors (Lipinski definition) is 9. The maximum atomic E-state index is 13.3. The van der Waals surface area contributed by atoms with Crippen molar-refractivity contribution in [1.29, 1.82) is 0 Å². The fourth-order valence-corrected chi connectivity index (χ4v) is 4.14. The van der Waals surface area contributed by atoms with Gasteiger partial charge in [-0.1, -0.05) is 20.3 Å². The Balaban J connectivity index is 2.22. The van der Waals surface area contributed by atoms with Gasteiger partial charge in [-0.05, 0) is 44.9 Å². The fraction of sp³-hybridized carbons (Fsp3) is 0.692. The van der Waals surface area contributed by atoms with Crippen LogP contribution in [-0.2, 0) is 23.8 Å². The first-order valence-electron chi connectivity index (χ1n) is 12.7. The molecule has 1 saturated heterocycles. The zero-order chi connectivity index (χ0) is 27.4. The predicted octanol–water partition coefficient (Wildman–Crippen LogP) is 3.26. The first-order valence-corrected chi connectivity index (χ1v) is 12.7. The van der Waals surface area contributed by atoms with Crippen molar-refractivity contribution in [2.24, 2.45) is 11.8 Å². The number of nitrogens with zero attached hydrogens (tertiary/aromatic N) is 1. The number of nitrogens with one attached hydrogen (secondary N) is 1. The summed E-state index contributed by atoms with van der Waals surface area (Å²) in [4.78, 5) is 42.4. The molecule has 1 aromatic heterocycles. The number of amides is 1. The molecule has 0 radical (unpaired) electrons. The van der Waals surface area contributed by atoms with Gasteiger partial charge in [-0.25, -0.2) is 14.6 Å². The summed E-state index contributed by atoms with van der Waals surface area (Å²) in [6, 6.07) is 0.461. The van der Waals surface area contributed by atoms with E-state index in [2.05, 4.69) is 10.3 Å². The Morgan fingerprint density at radius 3 is 2.70 bits per heavy atom. The van der Waals surface area contributed by atoms with E-state index in [1.807, 2.05) is 13.8 Å². The third-order valence-electron chi connectivity index (χ3n) is 5.93. The molecule has 37 heavy (non-hydrogen) atoms. The van der Waals surface area contributed by atoms with E-state index in [1.165, 1.54) is 19.4 Å². The Kier molecular flexibility index (Phi) is 12.7. The number of halogens is 1. The van der Waals surface area contributed by atoms with E-state index in [-0.39, 0.29) is 42.1 Å². The van der Waals surface area contributed by atoms with Crippen molar-refractivity contribution in [3.05, 3.63) is 18.0 Å². The van der Waals surface area contributed by atoms with E-state index in [4.69, 9.17) is 23.7 Å². The highest BCUT2D eigenvalue weighted by molar-refractivity contribution is 5.98. The van der Waals surface area contributed by atoms with Crippen LogP contribution < -0.4 is 14.8 Å². The van der Waals surface area contributed by atoms with Gasteiger partial charge in [0.2, 0.25) is 5.75 Å². The Morgan fingerprint density at radius 2 is 2.05 bits per heavy atom. The zero-order valence-corrected chi connectivity index (χ0v) is 22.3. The molecule has 2 rings (SSSR count). The van der Waals surface area contributed by atoms with E-state index in [0.29, 0.717) is 32.5 Å². The largest absolute Gasteiger partial charge is 0.493 e. The van der Waals surface area contributed by atoms with E-state index in [9.17, 15) is 18.8 Å². The summed E-state index contributed by atoms with van der Waals surface area (Å²) in [7, 11) is 1.36. The monoisotopic (exact) mass is 526 g/mol. The summed E-state index contributed by atoms with van der Waals surface area (Å²) in [5.41, 5.74) is -0.224. The van der Waals surface area contributed by atoms with Crippen LogP contribution in [0.1, 0.15) is 63.9 Å². The lowest BCUT2D eigenvalue weighted by Gasteiger charge is -2.31. The molecule has 4 atom stereocenters. The molecular formula is C26H39FN2O8. The highest BCUT2D eigenvalue weighted by Gasteiger charge is 2.35. The van der Waals surface area contributed by atoms with Gasteiger partial charge in [0.05, 0.1) is 19.9 Å². The first-order chi connectivity index (χ1) is 17.7. The summed E-state index contributed by atoms with van der Waals surface area (Å²) in [5, 5.41) is 2.65. The molecule has 0 saturated carbocycles. The summed E-state index contributed by atoms with van der Waals surface area (Å²) < 4.78 is 40.6. The summed E-state index contributed by atoms with van der Waals surface area (Å²) in [6.07, 6.45) is 1.97. The lowest BCUT2D eigenvalue weighted by Crippen LogP contribution is -2.45. The van der Waals surface area contributed by atoms with Gasteiger partial charge in [0.25, 0.3) is 5.91 Å². The fourth-order valence-electron chi connectivity index (χ4n) is 4.14. The van der Waals surface area contributed by atoms with E-state index < -0.39 is 42.8 Å². The molecule has 0 aliphatic carbocycles. The van der Waals surface area contributed by atoms with Gasteiger partial charge in [0.1, 0.15) is 18.8 Å². The number of pyridine rings is 1. The Hall–Kier alpha value is -2.79. The molecule has 208 valence electrons. The van der Waals surface area contributed by atoms with Crippen LogP contribution in [0, 0.1) is 11.8 Å². The van der Waals surface area contributed by atoms with Crippen molar-refractivity contribution in [1.82, 2.24) is 10.3 Å². The number of esters is 2. The average Bonchev–Trinajstić information content (AvgIpc) is 2.90. The molecule has 0 spiro atoms. The van der Waals surface area contributed by atoms with E-state index in [1.54, 1.807) is 13.8 Å². The molecule has 0 bridgehead atoms. The van der Waals surface area contributed by atoms with Crippen molar-refractivity contribution in [2.75, 3.05) is 33.6 Å². The number of alkyl halides is 1. The molecule has 10 nitrogen and oxygen atoms in total. The van der Waals surface area contributed by atoms with Crippen LogP contribution in [-0.4, -0.2) is 74.7 Å². The number of rotatable bonds is 12. The molecule has 1 amide bonds. The standard InChI is InChI=1S/C26H39FN2O8/c1-6-34-15-21(30)37-24-20(33-5)11-13-28-22(24)25(31)29-19-9-7-8-18(10-12-27)23(35-14-16(2)3)17(4)36-26(19)32/h11,13,16-19,23H,6-10,12,14-15H2,1-5H3,(H,29,31)/t17-,18+,19-,23-/m0/s1. The minimum Gasteiger partial charge on any atom is -0.493 e. The predicted molar refractivity (Wildman–Crippen MR) is 132 cm³/mol. The normalized spacial score (nSPS) is 22.4. The molecule has 0 aromatic carbocycles. The topological polar surface area (TPSA) is 122 Å². The highest BCUT2D eigenvalue weighted by atomic mass is 19.1. The van der Waals surface area contributed by atoms with Crippen molar-refractivity contribution >= 4 is 17.8 Å². The molecule has 1 fully saturated rings. The van der Waals surface area contributed by atoms with E-state index in [0.717, 1.165) is 0 Å². The second-order valence-corrected chi connectivity index (χ2v) is 9.33. The number of cyclic esters (lactones) is 1. The van der Waals surface area contributed by atoms with Crippen LogP contribution in [0.3, 0.4) is 0 Å². The maximum absolute atomic E-state index is 13.3. The molecular weight excluding hydrogens is 487 g/mol. The Labute approximate surface area is 217 Å². The van der Waals surface area contributed by atoms with Gasteiger partial charge in [-0.2, -0.15) is 0 Å². The second kappa shape index (κ2) is 15.5. The van der Waals surface area contributed by atoms with Crippen molar-refractivity contribution in [3.63, 3.8) is 0 Å². The maximum Gasteiger partial charge on any atom is 0.337 e. The smallest absolute Gasteiger partial charge is 0.337 e. The van der Waals surface area contributed by atoms with Gasteiger partial charge in [-0.3, -0.25) is 9.18 Å². The van der Waals surface area contributed by atoms with Crippen LogP contribution in [0.5, 0.6) is 11.5 Å². The first kappa shape index (κ1) is 30.4. The quantitative estimate of drug-likeness (QED) is 0.409. The van der Waals surface area contributed by atoms with E-state index >= 15 is 0 Å². The molecule has 11 heteroatoms. The molecule has 1 aromatic rings. The van der Waals surface area contributed by atoms with Gasteiger partial charge >= 0.3 is 11.9 Å². The van der Waals surface area contributed by atoms with Gasteiger partial charge in [0.15, 0.2) is 11.4 Å². The summed E-state index contributed by atoms with van der Waals surface area (Å²) in [5.74, 6) is -2.02. The summed E-state index contributed by atoms with van der Waals surface area (Å²) in [6.45, 7) is 7.42. The Bertz CT molecular complexity index is 897. The van der Waals surface area contributed by atoms with Gasteiger partial charge in [-0.15, -0.1) is 0 Å². The molecule has 2 heterocycles. The van der Waals surface area contributed by atoms with Crippen molar-refractivity contribution < 1.29 is 42.5 Å². The number of hydrogen-bond donors (Lipinski definition) is 1. The highest BCUT2D eigenvalue weighted by Crippen LogP contribution is 2.31. The molecule has 1 N–H and O–H groups in total. The van der Waals surface area contributed by atoms with Crippen LogP contribution in [0.15, 0.2) is 12.3 Å². The van der Waals surface area contributed by atoms with Crippen LogP contribution in [0.4, 0.5) is 4.39 Å². The lowest BCUT2D eigenvalue weighted by atomic mass is 9.90. The van der Waals surface area contributed by atoms with Crippen molar-refractivity contribution in [3.8, 4) is 11.5 Å². The summed E-state index contributed by atoms with van der Waals surface area (Å²) >= 11 is 0. The number of carbonyl (C=O) groups excluding carboxylic acids is 3. The number of ether oxygens (including phenoxy) is 5. The van der Waals surface area contributed by atoms with Crippen LogP contribution in [0.2, 0.25) is 0 Å². The SMILES string of the molecule is CCOCC(=O)Oc1c(OC)ccnc1C(=O)N[C@H]1CCC[C@H](CCF)[C@@H](OCC(C)C)[C@H](C)OC1=O. The van der Waals surface area contributed by atoms with Crippen LogP contribution in [0.25, 0.3) is 0 Å². The van der Waals surface area contributed by atoms with Crippen LogP contribution >= 0.6 is 0 Å². The molecule has 1 aliphatic heterocycles. The third-order valence-corrected chi connectivity index (χ3v) is 5.93. The Morgan fingerprint density at radius 1 is 1.30 bits per heavy atom. The minimum absolute atomic E-state index is 0.120. The molecule has 0 unspecified atom stereocenters. The lowest BCUT2D eigenvalue weighted by molar-refractivity contribution is -0.161. The number of methoxy groups -OCH3 is 1. The molecule has 1 aliphatic rings. The van der Waals surface area contributed by atoms with Crippen molar-refractivity contribution in [2.45, 2.75) is 71.6 Å². The minimum atomic E-state index is -0.982. The third kappa shape index (κ3) is 9.23.